The van der Waals surface area contributed by atoms with Gasteiger partial charge in [0.2, 0.25) is 0 Å². The molecule has 0 aromatic heterocycles. The summed E-state index contributed by atoms with van der Waals surface area (Å²) in [7, 11) is 1.77. The van der Waals surface area contributed by atoms with Crippen LogP contribution in [-0.4, -0.2) is 35.6 Å². The van der Waals surface area contributed by atoms with Crippen LogP contribution in [0.3, 0.4) is 0 Å². The van der Waals surface area contributed by atoms with Gasteiger partial charge in [0.15, 0.2) is 0 Å². The van der Waals surface area contributed by atoms with Gasteiger partial charge in [0.25, 0.3) is 0 Å². The first-order valence-electron chi connectivity index (χ1n) is 7.21. The van der Waals surface area contributed by atoms with Crippen LogP contribution in [0.2, 0.25) is 0 Å². The van der Waals surface area contributed by atoms with E-state index in [-0.39, 0.29) is 24.4 Å². The molecule has 0 aliphatic heterocycles. The number of carboxylic acids is 1. The van der Waals surface area contributed by atoms with Crippen molar-refractivity contribution in [1.82, 2.24) is 10.2 Å². The zero-order valence-corrected chi connectivity index (χ0v) is 12.9. The van der Waals surface area contributed by atoms with E-state index in [2.05, 4.69) is 19.2 Å². The highest BCUT2D eigenvalue weighted by Gasteiger charge is 2.24. The molecule has 116 valence electrons. The highest BCUT2D eigenvalue weighted by Crippen LogP contribution is 2.27. The van der Waals surface area contributed by atoms with Gasteiger partial charge >= 0.3 is 12.0 Å². The zero-order chi connectivity index (χ0) is 15.8. The standard InChI is InChI=1S/C16H24N2O3/c1-12(2)15(13-8-5-4-6-9-13)18(3)16(21)17-11-7-10-14(19)20/h4-6,8-9,12,15H,7,10-11H2,1-3H3,(H,17,21)(H,19,20). The number of hydrogen-bond acceptors (Lipinski definition) is 2. The Morgan fingerprint density at radius 1 is 1.24 bits per heavy atom. The van der Waals surface area contributed by atoms with E-state index < -0.39 is 5.97 Å². The second-order valence-corrected chi connectivity index (χ2v) is 5.44. The summed E-state index contributed by atoms with van der Waals surface area (Å²) in [6, 6.07) is 9.71. The van der Waals surface area contributed by atoms with Crippen molar-refractivity contribution in [3.05, 3.63) is 35.9 Å². The first kappa shape index (κ1) is 17.0. The molecule has 0 spiro atoms. The molecule has 1 unspecified atom stereocenters. The molecule has 5 heteroatoms. The van der Waals surface area contributed by atoms with Crippen molar-refractivity contribution in [2.75, 3.05) is 13.6 Å². The average molecular weight is 292 g/mol. The lowest BCUT2D eigenvalue weighted by atomic mass is 9.95. The fourth-order valence-corrected chi connectivity index (χ4v) is 2.39. The van der Waals surface area contributed by atoms with Crippen molar-refractivity contribution in [3.8, 4) is 0 Å². The minimum atomic E-state index is -0.845. The minimum Gasteiger partial charge on any atom is -0.481 e. The molecule has 0 radical (unpaired) electrons. The van der Waals surface area contributed by atoms with Gasteiger partial charge in [0.1, 0.15) is 0 Å². The molecule has 2 N–H and O–H groups in total. The third-order valence-electron chi connectivity index (χ3n) is 3.35. The SMILES string of the molecule is CC(C)C(c1ccccc1)N(C)C(=O)NCCCC(=O)O. The molecule has 2 amide bonds. The fourth-order valence-electron chi connectivity index (χ4n) is 2.39. The second-order valence-electron chi connectivity index (χ2n) is 5.44. The number of nitrogens with one attached hydrogen (secondary N) is 1. The third-order valence-corrected chi connectivity index (χ3v) is 3.35. The van der Waals surface area contributed by atoms with Gasteiger partial charge in [-0.2, -0.15) is 0 Å². The highest BCUT2D eigenvalue weighted by molar-refractivity contribution is 5.74. The topological polar surface area (TPSA) is 69.6 Å². The predicted molar refractivity (Wildman–Crippen MR) is 82.1 cm³/mol. The molecular formula is C16H24N2O3. The quantitative estimate of drug-likeness (QED) is 0.759. The Hall–Kier alpha value is -2.04. The van der Waals surface area contributed by atoms with Crippen LogP contribution >= 0.6 is 0 Å². The van der Waals surface area contributed by atoms with Crippen molar-refractivity contribution < 1.29 is 14.7 Å². The fraction of sp³-hybridized carbons (Fsp3) is 0.500. The molecule has 1 aromatic carbocycles. The maximum Gasteiger partial charge on any atom is 0.317 e. The molecule has 1 rings (SSSR count). The summed E-state index contributed by atoms with van der Waals surface area (Å²) in [4.78, 5) is 24.3. The first-order valence-corrected chi connectivity index (χ1v) is 7.21. The average Bonchev–Trinajstić information content (AvgIpc) is 2.44. The molecule has 0 fully saturated rings. The van der Waals surface area contributed by atoms with Crippen molar-refractivity contribution in [3.63, 3.8) is 0 Å². The van der Waals surface area contributed by atoms with Crippen molar-refractivity contribution in [2.45, 2.75) is 32.7 Å². The molecule has 0 aliphatic carbocycles. The van der Waals surface area contributed by atoms with Crippen molar-refractivity contribution >= 4 is 12.0 Å². The van der Waals surface area contributed by atoms with E-state index in [9.17, 15) is 9.59 Å². The number of carbonyl (C=O) groups excluding carboxylic acids is 1. The van der Waals surface area contributed by atoms with Gasteiger partial charge in [-0.05, 0) is 17.9 Å². The molecule has 0 aliphatic rings. The smallest absolute Gasteiger partial charge is 0.317 e. The van der Waals surface area contributed by atoms with Crippen LogP contribution in [0, 0.1) is 5.92 Å². The van der Waals surface area contributed by atoms with Crippen molar-refractivity contribution in [1.29, 1.82) is 0 Å². The summed E-state index contributed by atoms with van der Waals surface area (Å²) in [6.07, 6.45) is 0.503. The van der Waals surface area contributed by atoms with Crippen LogP contribution in [0.4, 0.5) is 4.79 Å². The normalized spacial score (nSPS) is 12.0. The van der Waals surface area contributed by atoms with Crippen LogP contribution in [0.15, 0.2) is 30.3 Å². The Labute approximate surface area is 126 Å². The Bertz CT molecular complexity index is 460. The van der Waals surface area contributed by atoms with Crippen LogP contribution in [-0.2, 0) is 4.79 Å². The molecule has 1 atom stereocenters. The lowest BCUT2D eigenvalue weighted by Crippen LogP contribution is -2.41. The summed E-state index contributed by atoms with van der Waals surface area (Å²) < 4.78 is 0. The van der Waals surface area contributed by atoms with E-state index in [1.807, 2.05) is 30.3 Å². The predicted octanol–water partition coefficient (Wildman–Crippen LogP) is 2.89. The van der Waals surface area contributed by atoms with Gasteiger partial charge in [0.05, 0.1) is 6.04 Å². The molecule has 21 heavy (non-hydrogen) atoms. The Morgan fingerprint density at radius 2 is 1.86 bits per heavy atom. The molecule has 0 saturated carbocycles. The zero-order valence-electron chi connectivity index (χ0n) is 12.9. The highest BCUT2D eigenvalue weighted by atomic mass is 16.4. The summed E-state index contributed by atoms with van der Waals surface area (Å²) in [5, 5.41) is 11.3. The number of benzene rings is 1. The molecule has 0 bridgehead atoms. The van der Waals surface area contributed by atoms with Crippen LogP contribution in [0.1, 0.15) is 38.3 Å². The van der Waals surface area contributed by atoms with E-state index in [4.69, 9.17) is 5.11 Å². The van der Waals surface area contributed by atoms with Crippen LogP contribution < -0.4 is 5.32 Å². The van der Waals surface area contributed by atoms with E-state index in [1.54, 1.807) is 11.9 Å². The van der Waals surface area contributed by atoms with Gasteiger partial charge in [-0.15, -0.1) is 0 Å². The molecule has 0 heterocycles. The van der Waals surface area contributed by atoms with Gasteiger partial charge in [-0.25, -0.2) is 4.79 Å². The number of urea groups is 1. The van der Waals surface area contributed by atoms with E-state index in [0.29, 0.717) is 13.0 Å². The number of rotatable bonds is 7. The Balaban J connectivity index is 2.62. The number of aliphatic carboxylic acids is 1. The molecular weight excluding hydrogens is 268 g/mol. The number of nitrogens with zero attached hydrogens (tertiary/aromatic N) is 1. The molecule has 1 aromatic rings. The maximum absolute atomic E-state index is 12.2. The summed E-state index contributed by atoms with van der Waals surface area (Å²) in [5.74, 6) is -0.566. The van der Waals surface area contributed by atoms with E-state index in [1.165, 1.54) is 0 Å². The number of carbonyl (C=O) groups is 2. The van der Waals surface area contributed by atoms with Gasteiger partial charge in [0, 0.05) is 20.0 Å². The van der Waals surface area contributed by atoms with Gasteiger partial charge in [-0.1, -0.05) is 44.2 Å². The number of hydrogen-bond donors (Lipinski definition) is 2. The third kappa shape index (κ3) is 5.45. The summed E-state index contributed by atoms with van der Waals surface area (Å²) in [6.45, 7) is 4.52. The van der Waals surface area contributed by atoms with E-state index in [0.717, 1.165) is 5.56 Å². The Kier molecular flexibility index (Phi) is 6.72. The Morgan fingerprint density at radius 3 is 2.38 bits per heavy atom. The first-order chi connectivity index (χ1) is 9.93. The second kappa shape index (κ2) is 8.29. The minimum absolute atomic E-state index is 0.00864. The summed E-state index contributed by atoms with van der Waals surface area (Å²) >= 11 is 0. The van der Waals surface area contributed by atoms with Crippen molar-refractivity contribution in [2.24, 2.45) is 5.92 Å². The van der Waals surface area contributed by atoms with Crippen LogP contribution in [0.25, 0.3) is 0 Å². The molecule has 5 nitrogen and oxygen atoms in total. The largest absolute Gasteiger partial charge is 0.481 e. The maximum atomic E-state index is 12.2. The number of carboxylic acid groups (broad SMARTS) is 1. The summed E-state index contributed by atoms with van der Waals surface area (Å²) in [5.41, 5.74) is 1.09. The van der Waals surface area contributed by atoms with Gasteiger partial charge < -0.3 is 15.3 Å². The lowest BCUT2D eigenvalue weighted by Gasteiger charge is -2.31. The number of amides is 2. The molecule has 0 saturated heterocycles. The van der Waals surface area contributed by atoms with E-state index >= 15 is 0 Å². The monoisotopic (exact) mass is 292 g/mol. The lowest BCUT2D eigenvalue weighted by molar-refractivity contribution is -0.137. The van der Waals surface area contributed by atoms with Gasteiger partial charge in [-0.3, -0.25) is 4.79 Å². The van der Waals surface area contributed by atoms with Crippen LogP contribution in [0.5, 0.6) is 0 Å².